The molecule has 0 spiro atoms. The molecule has 0 saturated carbocycles. The molecule has 0 radical (unpaired) electrons. The van der Waals surface area contributed by atoms with Crippen molar-refractivity contribution in [2.45, 2.75) is 45.0 Å². The maximum absolute atomic E-state index is 13.7. The molecule has 1 saturated heterocycles. The molecular formula is C29H33F5N10O4. The van der Waals surface area contributed by atoms with Crippen LogP contribution in [0.3, 0.4) is 0 Å². The summed E-state index contributed by atoms with van der Waals surface area (Å²) in [4.78, 5) is 43.6. The Morgan fingerprint density at radius 1 is 1.19 bits per heavy atom. The fourth-order valence-corrected chi connectivity index (χ4v) is 5.11. The Hall–Kier alpha value is -5.33. The van der Waals surface area contributed by atoms with Crippen LogP contribution in [0.4, 0.5) is 38.3 Å². The lowest BCUT2D eigenvalue weighted by atomic mass is 10.0. The number of anilines is 2. The average Bonchev–Trinajstić information content (AvgIpc) is 3.77. The van der Waals surface area contributed by atoms with Crippen molar-refractivity contribution in [3.8, 4) is 11.3 Å². The smallest absolute Gasteiger partial charge is 0.435 e. The molecule has 14 nitrogen and oxygen atoms in total. The van der Waals surface area contributed by atoms with Gasteiger partial charge in [-0.05, 0) is 36.6 Å². The molecule has 1 aromatic carbocycles. The van der Waals surface area contributed by atoms with E-state index in [1.807, 2.05) is 6.92 Å². The average molecular weight is 681 g/mol. The zero-order chi connectivity index (χ0) is 35.0. The van der Waals surface area contributed by atoms with Crippen LogP contribution in [0, 0.1) is 0 Å². The predicted molar refractivity (Wildman–Crippen MR) is 163 cm³/mol. The number of imidazole rings is 1. The second-order valence-electron chi connectivity index (χ2n) is 10.6. The largest absolute Gasteiger partial charge is 0.483 e. The van der Waals surface area contributed by atoms with Crippen molar-refractivity contribution in [3.05, 3.63) is 59.8 Å². The number of nitrogens with zero attached hydrogens (tertiary/aromatic N) is 6. The molecule has 48 heavy (non-hydrogen) atoms. The summed E-state index contributed by atoms with van der Waals surface area (Å²) < 4.78 is 68.9. The summed E-state index contributed by atoms with van der Waals surface area (Å²) in [5.74, 6) is -0.104. The summed E-state index contributed by atoms with van der Waals surface area (Å²) in [7, 11) is 0. The van der Waals surface area contributed by atoms with E-state index in [9.17, 15) is 31.5 Å². The molecule has 3 amide bonds. The van der Waals surface area contributed by atoms with Gasteiger partial charge >= 0.3 is 12.2 Å². The highest BCUT2D eigenvalue weighted by molar-refractivity contribution is 5.96. The third kappa shape index (κ3) is 8.52. The Balaban J connectivity index is 0.00000167. The molecule has 0 bridgehead atoms. The van der Waals surface area contributed by atoms with Gasteiger partial charge in [0.25, 0.3) is 18.8 Å². The van der Waals surface area contributed by atoms with Gasteiger partial charge in [-0.1, -0.05) is 6.92 Å². The fraction of sp³-hybridized carbons (Fsp3) is 0.379. The van der Waals surface area contributed by atoms with Crippen LogP contribution in [0.25, 0.3) is 16.9 Å². The second kappa shape index (κ2) is 15.5. The lowest BCUT2D eigenvalue weighted by molar-refractivity contribution is -0.141. The van der Waals surface area contributed by atoms with Crippen LogP contribution >= 0.6 is 0 Å². The number of alkyl halides is 5. The summed E-state index contributed by atoms with van der Waals surface area (Å²) in [6.45, 7) is 2.20. The number of likely N-dealkylation sites (tertiary alicyclic amines) is 1. The highest BCUT2D eigenvalue weighted by Crippen LogP contribution is 2.37. The Bertz CT molecular complexity index is 1740. The van der Waals surface area contributed by atoms with E-state index in [4.69, 9.17) is 15.6 Å². The van der Waals surface area contributed by atoms with Crippen molar-refractivity contribution in [1.82, 2.24) is 39.7 Å². The lowest BCUT2D eigenvalue weighted by Crippen LogP contribution is -2.42. The number of urea groups is 1. The third-order valence-corrected chi connectivity index (χ3v) is 7.25. The number of carbonyl (C=O) groups excluding carboxylic acids is 2. The third-order valence-electron chi connectivity index (χ3n) is 7.25. The summed E-state index contributed by atoms with van der Waals surface area (Å²) in [5.41, 5.74) is 5.99. The van der Waals surface area contributed by atoms with Gasteiger partial charge in [-0.15, -0.1) is 0 Å². The van der Waals surface area contributed by atoms with Gasteiger partial charge in [0.1, 0.15) is 6.54 Å². The second-order valence-corrected chi connectivity index (χ2v) is 10.6. The first kappa shape index (κ1) is 35.5. The molecule has 4 aromatic rings. The van der Waals surface area contributed by atoms with Gasteiger partial charge in [0, 0.05) is 62.1 Å². The number of nitrogens with two attached hydrogens (primary N) is 1. The van der Waals surface area contributed by atoms with Gasteiger partial charge in [-0.25, -0.2) is 23.5 Å². The molecule has 0 aliphatic carbocycles. The van der Waals surface area contributed by atoms with Crippen molar-refractivity contribution < 1.29 is 41.4 Å². The van der Waals surface area contributed by atoms with Crippen LogP contribution in [0.5, 0.6) is 0 Å². The van der Waals surface area contributed by atoms with Gasteiger partial charge in [0.05, 0.1) is 17.5 Å². The number of hydrogen-bond acceptors (Lipinski definition) is 8. The van der Waals surface area contributed by atoms with Crippen molar-refractivity contribution >= 4 is 35.6 Å². The van der Waals surface area contributed by atoms with Crippen molar-refractivity contribution in [2.75, 3.05) is 31.5 Å². The van der Waals surface area contributed by atoms with E-state index in [1.54, 1.807) is 23.1 Å². The summed E-state index contributed by atoms with van der Waals surface area (Å²) >= 11 is 0. The maximum Gasteiger partial charge on any atom is 0.435 e. The molecule has 1 aliphatic rings. The highest BCUT2D eigenvalue weighted by atomic mass is 19.4. The standard InChI is InChI=1S/C28H31F5N10O2.CH2O2/c1-2-16-11-18(3-4-19(16)26(44)36-6-7-37-27(45)41-9-5-17(34)13-41)39-24-25-38-12-21(43(25)10-8-35-24)20-14-42(15-22(29)30)40-23(20)28(31,32)33;2-1-3/h3-4,8,10-12,14,17,22H,2,5-7,9,13,15,34H2,1H3,(H,35,39)(H,36,44)(H,37,45);1H,(H,2,3)/t17-;/m0./s1. The van der Waals surface area contributed by atoms with E-state index in [2.05, 4.69) is 31.0 Å². The van der Waals surface area contributed by atoms with E-state index < -0.39 is 30.4 Å². The van der Waals surface area contributed by atoms with E-state index in [1.165, 1.54) is 23.0 Å². The molecule has 3 aromatic heterocycles. The molecule has 4 heterocycles. The fourth-order valence-electron chi connectivity index (χ4n) is 5.11. The van der Waals surface area contributed by atoms with Crippen LogP contribution in [0.1, 0.15) is 35.0 Å². The first-order valence-electron chi connectivity index (χ1n) is 14.7. The number of rotatable bonds is 10. The minimum Gasteiger partial charge on any atom is -0.483 e. The Labute approximate surface area is 270 Å². The van der Waals surface area contributed by atoms with Crippen molar-refractivity contribution in [1.29, 1.82) is 0 Å². The number of halogens is 5. The summed E-state index contributed by atoms with van der Waals surface area (Å²) in [6, 6.07) is 4.78. The number of hydrogen-bond donors (Lipinski definition) is 5. The molecular weight excluding hydrogens is 647 g/mol. The Kier molecular flexibility index (Phi) is 11.5. The number of carboxylic acid groups (broad SMARTS) is 1. The number of fused-ring (bicyclic) bond motifs is 1. The zero-order valence-electron chi connectivity index (χ0n) is 25.5. The van der Waals surface area contributed by atoms with Gasteiger partial charge in [0.15, 0.2) is 17.2 Å². The van der Waals surface area contributed by atoms with Crippen LogP contribution < -0.4 is 21.7 Å². The van der Waals surface area contributed by atoms with Gasteiger partial charge in [-0.3, -0.25) is 18.7 Å². The van der Waals surface area contributed by atoms with Crippen LogP contribution in [0.2, 0.25) is 0 Å². The lowest BCUT2D eigenvalue weighted by Gasteiger charge is -2.17. The molecule has 5 rings (SSSR count). The maximum atomic E-state index is 13.7. The highest BCUT2D eigenvalue weighted by Gasteiger charge is 2.38. The number of benzene rings is 1. The molecule has 0 unspecified atom stereocenters. The normalized spacial score (nSPS) is 14.5. The van der Waals surface area contributed by atoms with E-state index in [-0.39, 0.29) is 54.7 Å². The molecule has 258 valence electrons. The van der Waals surface area contributed by atoms with E-state index in [0.29, 0.717) is 41.0 Å². The Morgan fingerprint density at radius 2 is 1.92 bits per heavy atom. The Morgan fingerprint density at radius 3 is 2.56 bits per heavy atom. The van der Waals surface area contributed by atoms with Crippen LogP contribution in [-0.4, -0.2) is 91.2 Å². The first-order valence-corrected chi connectivity index (χ1v) is 14.7. The molecule has 19 heteroatoms. The predicted octanol–water partition coefficient (Wildman–Crippen LogP) is 3.36. The SMILES string of the molecule is CCc1cc(Nc2nccn3c(-c4cn(CC(F)F)nc4C(F)(F)F)cnc23)ccc1C(=O)NCCNC(=O)N1CC[C@H](N)C1.O=CO. The topological polar surface area (TPSA) is 185 Å². The number of aryl methyl sites for hydroxylation is 1. The zero-order valence-corrected chi connectivity index (χ0v) is 25.5. The number of aromatic nitrogens is 5. The summed E-state index contributed by atoms with van der Waals surface area (Å²) in [6.07, 6.45) is -1.64. The molecule has 1 aliphatic heterocycles. The quantitative estimate of drug-likeness (QED) is 0.0952. The molecule has 1 atom stereocenters. The van der Waals surface area contributed by atoms with Gasteiger partial charge in [-0.2, -0.15) is 18.3 Å². The van der Waals surface area contributed by atoms with Crippen LogP contribution in [-0.2, 0) is 23.9 Å². The van der Waals surface area contributed by atoms with Gasteiger partial charge < -0.3 is 31.7 Å². The number of amides is 3. The molecule has 1 fully saturated rings. The van der Waals surface area contributed by atoms with Crippen molar-refractivity contribution in [3.63, 3.8) is 0 Å². The first-order chi connectivity index (χ1) is 22.9. The van der Waals surface area contributed by atoms with E-state index in [0.717, 1.165) is 12.6 Å². The van der Waals surface area contributed by atoms with Crippen molar-refractivity contribution in [2.24, 2.45) is 5.73 Å². The van der Waals surface area contributed by atoms with Crippen LogP contribution in [0.15, 0.2) is 43.0 Å². The summed E-state index contributed by atoms with van der Waals surface area (Å²) in [5, 5.41) is 18.9. The van der Waals surface area contributed by atoms with Gasteiger partial charge in [0.2, 0.25) is 0 Å². The number of nitrogens with one attached hydrogen (secondary N) is 3. The molecule has 6 N–H and O–H groups in total. The monoisotopic (exact) mass is 680 g/mol. The van der Waals surface area contributed by atoms with E-state index >= 15 is 0 Å². The minimum absolute atomic E-state index is 0.00949. The number of carbonyl (C=O) groups is 3. The minimum atomic E-state index is -4.89.